The summed E-state index contributed by atoms with van der Waals surface area (Å²) in [5, 5.41) is 0.764. The average Bonchev–Trinajstić information content (AvgIpc) is 2.48. The lowest BCUT2D eigenvalue weighted by Gasteiger charge is -2.33. The maximum Gasteiger partial charge on any atom is 0.191 e. The average molecular weight is 311 g/mol. The Hall–Kier alpha value is -1.05. The van der Waals surface area contributed by atoms with E-state index in [0.29, 0.717) is 19.0 Å². The Kier molecular flexibility index (Phi) is 6.53. The topological polar surface area (TPSA) is 90.3 Å². The minimum Gasteiger partial charge on any atom is -0.383 e. The third kappa shape index (κ3) is 5.01. The molecule has 0 amide bonds. The van der Waals surface area contributed by atoms with E-state index in [1.54, 1.807) is 11.8 Å². The van der Waals surface area contributed by atoms with Gasteiger partial charge in [0.2, 0.25) is 0 Å². The van der Waals surface area contributed by atoms with Gasteiger partial charge in [0.15, 0.2) is 5.16 Å². The largest absolute Gasteiger partial charge is 0.383 e. The number of nitrogens with two attached hydrogens (primary N) is 2. The van der Waals surface area contributed by atoms with Gasteiger partial charge in [0.1, 0.15) is 11.6 Å². The molecule has 21 heavy (non-hydrogen) atoms. The second-order valence-corrected chi connectivity index (χ2v) is 6.21. The Morgan fingerprint density at radius 3 is 3.10 bits per heavy atom. The second kappa shape index (κ2) is 8.41. The highest BCUT2D eigenvalue weighted by molar-refractivity contribution is 7.99. The summed E-state index contributed by atoms with van der Waals surface area (Å²) >= 11 is 1.67. The van der Waals surface area contributed by atoms with Gasteiger partial charge in [-0.15, -0.1) is 0 Å². The second-order valence-electron chi connectivity index (χ2n) is 5.15. The predicted octanol–water partition coefficient (Wildman–Crippen LogP) is 1.50. The van der Waals surface area contributed by atoms with Gasteiger partial charge in [0, 0.05) is 24.9 Å². The van der Waals surface area contributed by atoms with E-state index in [-0.39, 0.29) is 6.10 Å². The fourth-order valence-corrected chi connectivity index (χ4v) is 3.20. The number of aromatic nitrogens is 2. The zero-order valence-electron chi connectivity index (χ0n) is 12.6. The number of nitrogens with zero attached hydrogens (tertiary/aromatic N) is 3. The lowest BCUT2D eigenvalue weighted by atomic mass is 10.2. The van der Waals surface area contributed by atoms with Gasteiger partial charge < -0.3 is 21.1 Å². The van der Waals surface area contributed by atoms with E-state index in [4.69, 9.17) is 16.2 Å². The van der Waals surface area contributed by atoms with Crippen LogP contribution in [0.25, 0.3) is 0 Å². The highest BCUT2D eigenvalue weighted by atomic mass is 32.2. The first kappa shape index (κ1) is 16.3. The Morgan fingerprint density at radius 1 is 1.48 bits per heavy atom. The molecule has 0 unspecified atom stereocenters. The summed E-state index contributed by atoms with van der Waals surface area (Å²) < 4.78 is 5.71. The van der Waals surface area contributed by atoms with Crippen molar-refractivity contribution in [2.24, 2.45) is 5.73 Å². The number of nitrogen functional groups attached to an aromatic ring is 1. The fourth-order valence-electron chi connectivity index (χ4n) is 2.25. The quantitative estimate of drug-likeness (QED) is 0.448. The van der Waals surface area contributed by atoms with Crippen LogP contribution in [-0.4, -0.2) is 48.1 Å². The molecule has 7 heteroatoms. The molecule has 4 N–H and O–H groups in total. The van der Waals surface area contributed by atoms with Crippen LogP contribution < -0.4 is 16.4 Å². The number of ether oxygens (including phenoxy) is 1. The highest BCUT2D eigenvalue weighted by Gasteiger charge is 2.21. The molecule has 1 saturated heterocycles. The van der Waals surface area contributed by atoms with E-state index < -0.39 is 0 Å². The minimum atomic E-state index is 0.177. The Labute approximate surface area is 130 Å². The minimum absolute atomic E-state index is 0.177. The summed E-state index contributed by atoms with van der Waals surface area (Å²) in [4.78, 5) is 11.2. The van der Waals surface area contributed by atoms with Gasteiger partial charge in [-0.3, -0.25) is 0 Å². The van der Waals surface area contributed by atoms with Gasteiger partial charge in [0.25, 0.3) is 0 Å². The number of hydrogen-bond acceptors (Lipinski definition) is 7. The van der Waals surface area contributed by atoms with Crippen molar-refractivity contribution in [3.8, 4) is 0 Å². The molecule has 1 aliphatic rings. The number of hydrogen-bond donors (Lipinski definition) is 2. The molecule has 0 radical (unpaired) electrons. The van der Waals surface area contributed by atoms with Crippen LogP contribution in [0, 0.1) is 0 Å². The van der Waals surface area contributed by atoms with E-state index in [1.807, 2.05) is 6.07 Å². The van der Waals surface area contributed by atoms with Gasteiger partial charge in [-0.2, -0.15) is 0 Å². The van der Waals surface area contributed by atoms with Crippen molar-refractivity contribution >= 4 is 23.4 Å². The van der Waals surface area contributed by atoms with Crippen molar-refractivity contribution in [1.29, 1.82) is 0 Å². The Morgan fingerprint density at radius 2 is 2.33 bits per heavy atom. The van der Waals surface area contributed by atoms with Crippen LogP contribution in [0.1, 0.15) is 26.2 Å². The molecule has 0 bridgehead atoms. The number of thioether (sulfide) groups is 1. The first-order valence-electron chi connectivity index (χ1n) is 7.57. The molecule has 0 aliphatic carbocycles. The molecular weight excluding hydrogens is 286 g/mol. The van der Waals surface area contributed by atoms with Crippen molar-refractivity contribution in [1.82, 2.24) is 9.97 Å². The number of unbranched alkanes of at least 4 members (excludes halogenated alkanes) is 1. The number of rotatable bonds is 7. The van der Waals surface area contributed by atoms with Crippen molar-refractivity contribution in [2.45, 2.75) is 37.4 Å². The van der Waals surface area contributed by atoms with E-state index in [1.165, 1.54) is 6.42 Å². The third-order valence-corrected chi connectivity index (χ3v) is 4.33. The summed E-state index contributed by atoms with van der Waals surface area (Å²) in [6, 6.07) is 1.84. The molecule has 1 fully saturated rings. The van der Waals surface area contributed by atoms with E-state index >= 15 is 0 Å². The molecule has 1 aliphatic heterocycles. The van der Waals surface area contributed by atoms with Gasteiger partial charge in [-0.05, 0) is 19.4 Å². The Bertz CT molecular complexity index is 443. The molecule has 1 aromatic heterocycles. The molecule has 0 aromatic carbocycles. The van der Waals surface area contributed by atoms with Crippen LogP contribution in [-0.2, 0) is 4.74 Å². The fraction of sp³-hybridized carbons (Fsp3) is 0.714. The van der Waals surface area contributed by atoms with Gasteiger partial charge >= 0.3 is 0 Å². The standard InChI is InChI=1S/C14H25N5OS/c1-2-3-8-21-14-17-12(16)9-13(18-14)19-6-7-20-11(10-19)4-5-15/h9,11H,2-8,10,15H2,1H3,(H2,16,17,18)/t11-/m0/s1. The van der Waals surface area contributed by atoms with E-state index in [2.05, 4.69) is 21.8 Å². The summed E-state index contributed by atoms with van der Waals surface area (Å²) in [6.07, 6.45) is 3.38. The van der Waals surface area contributed by atoms with Crippen molar-refractivity contribution < 1.29 is 4.74 Å². The SMILES string of the molecule is CCCCSc1nc(N)cc(N2CCO[C@@H](CCN)C2)n1. The summed E-state index contributed by atoms with van der Waals surface area (Å²) in [5.74, 6) is 2.45. The van der Waals surface area contributed by atoms with Crippen LogP contribution in [0.4, 0.5) is 11.6 Å². The van der Waals surface area contributed by atoms with Crippen molar-refractivity contribution in [2.75, 3.05) is 42.6 Å². The summed E-state index contributed by atoms with van der Waals surface area (Å²) in [7, 11) is 0. The summed E-state index contributed by atoms with van der Waals surface area (Å²) in [6.45, 7) is 5.16. The van der Waals surface area contributed by atoms with Crippen molar-refractivity contribution in [3.63, 3.8) is 0 Å². The monoisotopic (exact) mass is 311 g/mol. The normalized spacial score (nSPS) is 19.0. The van der Waals surface area contributed by atoms with E-state index in [9.17, 15) is 0 Å². The molecule has 118 valence electrons. The third-order valence-electron chi connectivity index (χ3n) is 3.39. The molecule has 0 saturated carbocycles. The zero-order valence-corrected chi connectivity index (χ0v) is 13.4. The molecule has 2 rings (SSSR count). The maximum atomic E-state index is 5.92. The first-order valence-corrected chi connectivity index (χ1v) is 8.55. The van der Waals surface area contributed by atoms with Crippen LogP contribution in [0.2, 0.25) is 0 Å². The highest BCUT2D eigenvalue weighted by Crippen LogP contribution is 2.23. The number of anilines is 2. The van der Waals surface area contributed by atoms with Crippen LogP contribution in [0.15, 0.2) is 11.2 Å². The lowest BCUT2D eigenvalue weighted by Crippen LogP contribution is -2.43. The Balaban J connectivity index is 2.04. The van der Waals surface area contributed by atoms with Gasteiger partial charge in [0.05, 0.1) is 12.7 Å². The van der Waals surface area contributed by atoms with Gasteiger partial charge in [-0.1, -0.05) is 25.1 Å². The number of morpholine rings is 1. The van der Waals surface area contributed by atoms with E-state index in [0.717, 1.165) is 42.7 Å². The van der Waals surface area contributed by atoms with Crippen molar-refractivity contribution in [3.05, 3.63) is 6.07 Å². The lowest BCUT2D eigenvalue weighted by molar-refractivity contribution is 0.0366. The zero-order chi connectivity index (χ0) is 15.1. The predicted molar refractivity (Wildman–Crippen MR) is 87.7 cm³/mol. The molecule has 1 atom stereocenters. The molecule has 6 nitrogen and oxygen atoms in total. The summed E-state index contributed by atoms with van der Waals surface area (Å²) in [5.41, 5.74) is 11.5. The van der Waals surface area contributed by atoms with Crippen LogP contribution >= 0.6 is 11.8 Å². The molecular formula is C14H25N5OS. The smallest absolute Gasteiger partial charge is 0.191 e. The van der Waals surface area contributed by atoms with Crippen LogP contribution in [0.3, 0.4) is 0 Å². The van der Waals surface area contributed by atoms with Gasteiger partial charge in [-0.25, -0.2) is 9.97 Å². The van der Waals surface area contributed by atoms with Crippen LogP contribution in [0.5, 0.6) is 0 Å². The maximum absolute atomic E-state index is 5.92. The molecule has 2 heterocycles. The molecule has 1 aromatic rings. The molecule has 0 spiro atoms. The first-order chi connectivity index (χ1) is 10.2.